The Morgan fingerprint density at radius 2 is 1.93 bits per heavy atom. The Morgan fingerprint density at radius 3 is 2.63 bits per heavy atom. The topological polar surface area (TPSA) is 88.1 Å². The standard InChI is InChI=1S/C23H23N3O4/c1-25(2)12-5-13-26-20(15-8-10-24-11-9-15)19(22(28)23(26)29)21(27)18-14-16-6-3-4-7-17(16)30-18/h3-4,6-11,14,20,28H,5,12-13H2,1-2H3/p+1/t20-/m0/s1. The number of aliphatic hydroxyl groups is 1. The summed E-state index contributed by atoms with van der Waals surface area (Å²) < 4.78 is 5.72. The van der Waals surface area contributed by atoms with Crippen molar-refractivity contribution in [3.63, 3.8) is 0 Å². The molecule has 1 atom stereocenters. The molecule has 1 aromatic carbocycles. The van der Waals surface area contributed by atoms with Crippen LogP contribution in [0.3, 0.4) is 0 Å². The largest absolute Gasteiger partial charge is 0.503 e. The van der Waals surface area contributed by atoms with Crippen molar-refractivity contribution < 1.29 is 24.0 Å². The van der Waals surface area contributed by atoms with E-state index >= 15 is 0 Å². The third-order valence-corrected chi connectivity index (χ3v) is 5.30. The molecule has 0 unspecified atom stereocenters. The Labute approximate surface area is 174 Å². The van der Waals surface area contributed by atoms with E-state index in [2.05, 4.69) is 4.98 Å². The minimum absolute atomic E-state index is 0.0439. The number of fused-ring (bicyclic) bond motifs is 1. The van der Waals surface area contributed by atoms with Crippen LogP contribution in [0, 0.1) is 0 Å². The van der Waals surface area contributed by atoms with Crippen molar-refractivity contribution in [1.29, 1.82) is 0 Å². The lowest BCUT2D eigenvalue weighted by Crippen LogP contribution is -3.05. The molecular weight excluding hydrogens is 382 g/mol. The van der Waals surface area contributed by atoms with Crippen LogP contribution in [-0.2, 0) is 4.79 Å². The van der Waals surface area contributed by atoms with Gasteiger partial charge in [-0.15, -0.1) is 0 Å². The summed E-state index contributed by atoms with van der Waals surface area (Å²) in [4.78, 5) is 33.1. The number of hydrogen-bond donors (Lipinski definition) is 2. The Balaban J connectivity index is 1.73. The van der Waals surface area contributed by atoms with Crippen molar-refractivity contribution in [3.05, 3.63) is 77.5 Å². The predicted molar refractivity (Wildman–Crippen MR) is 111 cm³/mol. The van der Waals surface area contributed by atoms with E-state index in [-0.39, 0.29) is 11.3 Å². The number of para-hydroxylation sites is 1. The molecule has 3 aromatic rings. The second-order valence-corrected chi connectivity index (χ2v) is 7.73. The van der Waals surface area contributed by atoms with E-state index < -0.39 is 23.5 Å². The number of Topliss-reactive ketones (excluding diaryl/α,β-unsaturated/α-hetero) is 1. The number of hydrogen-bond acceptors (Lipinski definition) is 5. The van der Waals surface area contributed by atoms with Gasteiger partial charge in [0.1, 0.15) is 5.58 Å². The number of carbonyl (C=O) groups is 2. The quantitative estimate of drug-likeness (QED) is 0.586. The van der Waals surface area contributed by atoms with Gasteiger partial charge in [-0.2, -0.15) is 0 Å². The van der Waals surface area contributed by atoms with Crippen molar-refractivity contribution in [2.75, 3.05) is 27.2 Å². The molecule has 4 rings (SSSR count). The maximum absolute atomic E-state index is 13.4. The summed E-state index contributed by atoms with van der Waals surface area (Å²) in [7, 11) is 4.08. The zero-order valence-electron chi connectivity index (χ0n) is 17.0. The van der Waals surface area contributed by atoms with Crippen molar-refractivity contribution >= 4 is 22.7 Å². The van der Waals surface area contributed by atoms with E-state index in [4.69, 9.17) is 4.42 Å². The van der Waals surface area contributed by atoms with Crippen LogP contribution in [-0.4, -0.2) is 53.9 Å². The first-order chi connectivity index (χ1) is 14.5. The highest BCUT2D eigenvalue weighted by atomic mass is 16.3. The Kier molecular flexibility index (Phi) is 5.37. The number of furan rings is 1. The fourth-order valence-corrected chi connectivity index (χ4v) is 3.84. The van der Waals surface area contributed by atoms with Gasteiger partial charge >= 0.3 is 0 Å². The maximum atomic E-state index is 13.4. The molecule has 30 heavy (non-hydrogen) atoms. The Morgan fingerprint density at radius 1 is 1.20 bits per heavy atom. The summed E-state index contributed by atoms with van der Waals surface area (Å²) in [6, 6.07) is 11.8. The number of amides is 1. The highest BCUT2D eigenvalue weighted by Gasteiger charge is 2.44. The first-order valence-electron chi connectivity index (χ1n) is 9.93. The lowest BCUT2D eigenvalue weighted by atomic mass is 9.95. The SMILES string of the molecule is C[NH+](C)CCCN1C(=O)C(O)=C(C(=O)c2cc3ccccc3o2)[C@@H]1c1ccncc1. The van der Waals surface area contributed by atoms with Crippen LogP contribution < -0.4 is 4.90 Å². The number of carbonyl (C=O) groups excluding carboxylic acids is 2. The van der Waals surface area contributed by atoms with Gasteiger partial charge in [0.25, 0.3) is 5.91 Å². The fraction of sp³-hybridized carbons (Fsp3) is 0.261. The maximum Gasteiger partial charge on any atom is 0.290 e. The monoisotopic (exact) mass is 406 g/mol. The minimum atomic E-state index is -0.682. The molecule has 1 aliphatic heterocycles. The van der Waals surface area contributed by atoms with Crippen molar-refractivity contribution in [2.45, 2.75) is 12.5 Å². The molecule has 2 N–H and O–H groups in total. The van der Waals surface area contributed by atoms with E-state index in [1.54, 1.807) is 41.6 Å². The van der Waals surface area contributed by atoms with Crippen LogP contribution in [0.4, 0.5) is 0 Å². The van der Waals surface area contributed by atoms with E-state index in [1.165, 1.54) is 4.90 Å². The smallest absolute Gasteiger partial charge is 0.290 e. The summed E-state index contributed by atoms with van der Waals surface area (Å²) in [6.07, 6.45) is 3.97. The van der Waals surface area contributed by atoms with Crippen molar-refractivity contribution in [1.82, 2.24) is 9.88 Å². The van der Waals surface area contributed by atoms with Gasteiger partial charge in [0.15, 0.2) is 11.5 Å². The zero-order chi connectivity index (χ0) is 21.3. The first-order valence-corrected chi connectivity index (χ1v) is 9.93. The highest BCUT2D eigenvalue weighted by molar-refractivity contribution is 6.15. The summed E-state index contributed by atoms with van der Waals surface area (Å²) in [5, 5.41) is 11.5. The zero-order valence-corrected chi connectivity index (χ0v) is 17.0. The van der Waals surface area contributed by atoms with E-state index in [0.717, 1.165) is 23.9 Å². The molecule has 3 heterocycles. The molecule has 7 heteroatoms. The molecule has 0 aliphatic carbocycles. The lowest BCUT2D eigenvalue weighted by molar-refractivity contribution is -0.858. The van der Waals surface area contributed by atoms with Gasteiger partial charge in [-0.3, -0.25) is 14.6 Å². The number of ketones is 1. The van der Waals surface area contributed by atoms with Crippen LogP contribution in [0.25, 0.3) is 11.0 Å². The van der Waals surface area contributed by atoms with Gasteiger partial charge < -0.3 is 19.3 Å². The Bertz CT molecular complexity index is 1080. The molecule has 2 aromatic heterocycles. The molecule has 0 radical (unpaired) electrons. The molecule has 0 saturated heterocycles. The summed E-state index contributed by atoms with van der Waals surface area (Å²) in [5.74, 6) is -1.44. The molecular formula is C23H24N3O4+. The molecule has 1 aliphatic rings. The number of aliphatic hydroxyl groups excluding tert-OH is 1. The van der Waals surface area contributed by atoms with Gasteiger partial charge in [0, 0.05) is 30.7 Å². The molecule has 0 bridgehead atoms. The normalized spacial score (nSPS) is 16.8. The van der Waals surface area contributed by atoms with Gasteiger partial charge in [0.05, 0.1) is 32.3 Å². The second-order valence-electron chi connectivity index (χ2n) is 7.73. The molecule has 0 saturated carbocycles. The minimum Gasteiger partial charge on any atom is -0.503 e. The van der Waals surface area contributed by atoms with Gasteiger partial charge in [-0.05, 0) is 29.8 Å². The molecule has 154 valence electrons. The lowest BCUT2D eigenvalue weighted by Gasteiger charge is -2.26. The van der Waals surface area contributed by atoms with Gasteiger partial charge in [-0.1, -0.05) is 18.2 Å². The van der Waals surface area contributed by atoms with Crippen molar-refractivity contribution in [2.24, 2.45) is 0 Å². The molecule has 0 spiro atoms. The van der Waals surface area contributed by atoms with E-state index in [0.29, 0.717) is 12.1 Å². The molecule has 1 amide bonds. The van der Waals surface area contributed by atoms with Crippen molar-refractivity contribution in [3.8, 4) is 0 Å². The average Bonchev–Trinajstić information content (AvgIpc) is 3.28. The third-order valence-electron chi connectivity index (χ3n) is 5.30. The highest BCUT2D eigenvalue weighted by Crippen LogP contribution is 2.39. The number of rotatable bonds is 7. The number of quaternary nitrogens is 1. The van der Waals surface area contributed by atoms with Crippen LogP contribution in [0.1, 0.15) is 28.6 Å². The van der Waals surface area contributed by atoms with Crippen LogP contribution in [0.2, 0.25) is 0 Å². The third kappa shape index (κ3) is 3.59. The van der Waals surface area contributed by atoms with E-state index in [1.807, 2.05) is 32.3 Å². The first kappa shape index (κ1) is 19.8. The summed E-state index contributed by atoms with van der Waals surface area (Å²) in [5.41, 5.74) is 1.35. The predicted octanol–water partition coefficient (Wildman–Crippen LogP) is 1.94. The van der Waals surface area contributed by atoms with E-state index in [9.17, 15) is 14.7 Å². The van der Waals surface area contributed by atoms with Crippen LogP contribution in [0.5, 0.6) is 0 Å². The molecule has 7 nitrogen and oxygen atoms in total. The number of benzene rings is 1. The fourth-order valence-electron chi connectivity index (χ4n) is 3.84. The number of aromatic nitrogens is 1. The second kappa shape index (κ2) is 8.12. The van der Waals surface area contributed by atoms with Gasteiger partial charge in [0.2, 0.25) is 5.78 Å². The van der Waals surface area contributed by atoms with Crippen LogP contribution >= 0.6 is 0 Å². The Hall–Kier alpha value is -3.45. The summed E-state index contributed by atoms with van der Waals surface area (Å²) in [6.45, 7) is 1.29. The average molecular weight is 406 g/mol. The number of nitrogens with one attached hydrogen (secondary N) is 1. The number of pyridine rings is 1. The van der Waals surface area contributed by atoms with Crippen LogP contribution in [0.15, 0.2) is 70.6 Å². The summed E-state index contributed by atoms with van der Waals surface area (Å²) >= 11 is 0. The number of nitrogens with zero attached hydrogens (tertiary/aromatic N) is 2. The van der Waals surface area contributed by atoms with Gasteiger partial charge in [-0.25, -0.2) is 0 Å². The molecule has 0 fully saturated rings.